The van der Waals surface area contributed by atoms with Crippen LogP contribution in [-0.2, 0) is 28.8 Å². The summed E-state index contributed by atoms with van der Waals surface area (Å²) in [6.45, 7) is 5.63. The van der Waals surface area contributed by atoms with Crippen LogP contribution in [0.25, 0.3) is 20.8 Å². The number of pyridine rings is 1. The molecule has 4 fully saturated rings. The van der Waals surface area contributed by atoms with Crippen LogP contribution in [-0.4, -0.2) is 127 Å². The van der Waals surface area contributed by atoms with Gasteiger partial charge < -0.3 is 40.1 Å². The number of halogens is 1. The second-order valence-corrected chi connectivity index (χ2v) is 21.2. The standard InChI is InChI=1S/C54H60ClN9O8S/c1-56-53(70)54(72-45-8-3-2-5-40(45)51-60-43-7-4-6-42(55)48(43)73-51)17-24-64(25-18-54)52(69)41-29-47(66)59-44-28-37(9-10-39(41)44)71-26-19-58-49(67)34-15-20-62(21-16-34)32-33-13-22-63(23-14-33)36-27-35(30-57-31-36)38-11-12-46(65)61-50(38)68/h2-10,27-28,30-31,33-34,38,41H,11-26,29,32H2,1H3,(H,56,70)(H,58,67)(H,59,66)(H,61,65,68)/t38?,41-/m0/s1. The number of hydrogen-bond donors (Lipinski definition) is 4. The van der Waals surface area contributed by atoms with Gasteiger partial charge in [0.15, 0.2) is 5.60 Å². The smallest absolute Gasteiger partial charge is 0.264 e. The van der Waals surface area contributed by atoms with Crippen LogP contribution in [0, 0.1) is 11.8 Å². The quantitative estimate of drug-likeness (QED) is 0.0719. The van der Waals surface area contributed by atoms with Crippen molar-refractivity contribution in [2.75, 3.05) is 76.2 Å². The Labute approximate surface area is 432 Å². The number of nitrogens with one attached hydrogen (secondary N) is 4. The SMILES string of the molecule is CNC(=O)C1(Oc2ccccc2-c2nc3cccc(Cl)c3s2)CCN(C(=O)[C@H]2CC(=O)Nc3cc(OCCNC(=O)C4CCN(CC5CCN(c6cncc(C7CCC(=O)NC7=O)c6)CC5)CC4)ccc32)CC1. The molecule has 10 rings (SSSR count). The van der Waals surface area contributed by atoms with Crippen molar-refractivity contribution < 1.29 is 38.2 Å². The minimum Gasteiger partial charge on any atom is -0.492 e. The first-order valence-electron chi connectivity index (χ1n) is 25.4. The summed E-state index contributed by atoms with van der Waals surface area (Å²) < 4.78 is 13.6. The topological polar surface area (TPSA) is 205 Å². The number of anilines is 2. The number of imide groups is 1. The Morgan fingerprint density at radius 2 is 1.67 bits per heavy atom. The number of carbonyl (C=O) groups is 6. The molecule has 0 spiro atoms. The second-order valence-electron chi connectivity index (χ2n) is 19.8. The van der Waals surface area contributed by atoms with E-state index in [0.29, 0.717) is 58.1 Å². The molecule has 0 radical (unpaired) electrons. The lowest BCUT2D eigenvalue weighted by atomic mass is 9.86. The van der Waals surface area contributed by atoms with Gasteiger partial charge in [-0.25, -0.2) is 4.98 Å². The van der Waals surface area contributed by atoms with Crippen LogP contribution in [0.1, 0.15) is 80.8 Å². The number of aromatic nitrogens is 2. The molecule has 2 atom stereocenters. The third-order valence-corrected chi connectivity index (χ3v) is 16.8. The largest absolute Gasteiger partial charge is 0.492 e. The van der Waals surface area contributed by atoms with Crippen molar-refractivity contribution in [3.05, 3.63) is 95.3 Å². The molecule has 0 saturated carbocycles. The highest BCUT2D eigenvalue weighted by atomic mass is 35.5. The summed E-state index contributed by atoms with van der Waals surface area (Å²) >= 11 is 7.93. The van der Waals surface area contributed by atoms with Gasteiger partial charge in [-0.05, 0) is 98.6 Å². The van der Waals surface area contributed by atoms with Gasteiger partial charge in [0.1, 0.15) is 23.1 Å². The normalized spacial score (nSPS) is 20.7. The first kappa shape index (κ1) is 49.9. The van der Waals surface area contributed by atoms with Gasteiger partial charge in [-0.15, -0.1) is 11.3 Å². The van der Waals surface area contributed by atoms with Crippen molar-refractivity contribution >= 4 is 80.0 Å². The highest BCUT2D eigenvalue weighted by molar-refractivity contribution is 7.22. The predicted octanol–water partition coefficient (Wildman–Crippen LogP) is 6.27. The molecule has 4 N–H and O–H groups in total. The molecule has 6 amide bonds. The number of para-hydroxylation sites is 1. The van der Waals surface area contributed by atoms with E-state index < -0.39 is 11.5 Å². The molecule has 1 unspecified atom stereocenters. The molecule has 2 aromatic heterocycles. The van der Waals surface area contributed by atoms with Gasteiger partial charge in [-0.1, -0.05) is 35.9 Å². The van der Waals surface area contributed by atoms with Crippen molar-refractivity contribution in [3.63, 3.8) is 0 Å². The van der Waals surface area contributed by atoms with Gasteiger partial charge in [-0.2, -0.15) is 0 Å². The van der Waals surface area contributed by atoms with Crippen molar-refractivity contribution in [1.82, 2.24) is 35.7 Å². The van der Waals surface area contributed by atoms with Crippen LogP contribution in [0.3, 0.4) is 0 Å². The maximum Gasteiger partial charge on any atom is 0.264 e. The van der Waals surface area contributed by atoms with Gasteiger partial charge in [0.2, 0.25) is 29.5 Å². The number of carbonyl (C=O) groups excluding carboxylic acids is 6. The molecule has 5 aliphatic rings. The second kappa shape index (κ2) is 21.8. The van der Waals surface area contributed by atoms with Gasteiger partial charge in [0, 0.05) is 89.3 Å². The van der Waals surface area contributed by atoms with Crippen LogP contribution in [0.5, 0.6) is 11.5 Å². The van der Waals surface area contributed by atoms with E-state index in [1.807, 2.05) is 60.8 Å². The van der Waals surface area contributed by atoms with Crippen LogP contribution in [0.15, 0.2) is 79.1 Å². The minimum atomic E-state index is -1.25. The molecule has 0 bridgehead atoms. The van der Waals surface area contributed by atoms with Gasteiger partial charge in [0.05, 0.1) is 51.1 Å². The average Bonchev–Trinajstić information content (AvgIpc) is 3.86. The zero-order chi connectivity index (χ0) is 50.6. The molecule has 7 heterocycles. The van der Waals surface area contributed by atoms with Crippen LogP contribution in [0.4, 0.5) is 11.4 Å². The lowest BCUT2D eigenvalue weighted by Crippen LogP contribution is -2.58. The molecule has 3 aromatic carbocycles. The van der Waals surface area contributed by atoms with Crippen molar-refractivity contribution in [1.29, 1.82) is 0 Å². The summed E-state index contributed by atoms with van der Waals surface area (Å²) in [6, 6.07) is 20.4. The molecule has 5 aromatic rings. The number of amides is 6. The zero-order valence-corrected chi connectivity index (χ0v) is 42.4. The monoisotopic (exact) mass is 1030 g/mol. The molecule has 19 heteroatoms. The van der Waals surface area contributed by atoms with Crippen molar-refractivity contribution in [3.8, 4) is 22.1 Å². The van der Waals surface area contributed by atoms with Crippen LogP contribution in [0.2, 0.25) is 5.02 Å². The van der Waals surface area contributed by atoms with E-state index in [-0.39, 0.29) is 86.2 Å². The fourth-order valence-electron chi connectivity index (χ4n) is 11.1. The molecular formula is C54H60ClN9O8S. The number of nitrogens with zero attached hydrogens (tertiary/aromatic N) is 5. The number of likely N-dealkylation sites (tertiary alicyclic amines) is 2. The Morgan fingerprint density at radius 1 is 0.877 bits per heavy atom. The molecule has 17 nitrogen and oxygen atoms in total. The lowest BCUT2D eigenvalue weighted by molar-refractivity contribution is -0.147. The lowest BCUT2D eigenvalue weighted by Gasteiger charge is -2.42. The first-order valence-corrected chi connectivity index (χ1v) is 26.6. The van der Waals surface area contributed by atoms with E-state index in [4.69, 9.17) is 26.1 Å². The van der Waals surface area contributed by atoms with Gasteiger partial charge >= 0.3 is 0 Å². The number of ether oxygens (including phenoxy) is 2. The molecule has 5 aliphatic heterocycles. The third kappa shape index (κ3) is 11.0. The number of likely N-dealkylation sites (N-methyl/N-ethyl adjacent to an activating group) is 1. The highest BCUT2D eigenvalue weighted by Crippen LogP contribution is 2.42. The summed E-state index contributed by atoms with van der Waals surface area (Å²) in [7, 11) is 1.58. The van der Waals surface area contributed by atoms with Gasteiger partial charge in [-0.3, -0.25) is 39.1 Å². The third-order valence-electron chi connectivity index (χ3n) is 15.2. The number of fused-ring (bicyclic) bond motifs is 2. The summed E-state index contributed by atoms with van der Waals surface area (Å²) in [5.41, 5.74) is 3.33. The zero-order valence-electron chi connectivity index (χ0n) is 40.8. The summed E-state index contributed by atoms with van der Waals surface area (Å²) in [4.78, 5) is 94.0. The fraction of sp³-hybridized carbons (Fsp3) is 0.444. The summed E-state index contributed by atoms with van der Waals surface area (Å²) in [5, 5.41) is 12.5. The van der Waals surface area contributed by atoms with E-state index >= 15 is 0 Å². The minimum absolute atomic E-state index is 0.00597. The number of rotatable bonds is 14. The maximum absolute atomic E-state index is 14.2. The van der Waals surface area contributed by atoms with E-state index in [9.17, 15) is 28.8 Å². The average molecular weight is 1030 g/mol. The van der Waals surface area contributed by atoms with E-state index in [0.717, 1.165) is 85.4 Å². The highest BCUT2D eigenvalue weighted by Gasteiger charge is 2.46. The number of hydrogen-bond acceptors (Lipinski definition) is 13. The molecule has 382 valence electrons. The Morgan fingerprint density at radius 3 is 2.44 bits per heavy atom. The van der Waals surface area contributed by atoms with E-state index in [2.05, 4.69) is 36.1 Å². The van der Waals surface area contributed by atoms with Crippen LogP contribution < -0.4 is 35.6 Å². The Balaban J connectivity index is 0.667. The Bertz CT molecular complexity index is 2910. The van der Waals surface area contributed by atoms with Crippen molar-refractivity contribution in [2.45, 2.75) is 75.2 Å². The number of benzene rings is 3. The number of thiazole rings is 1. The molecule has 73 heavy (non-hydrogen) atoms. The fourth-order valence-corrected chi connectivity index (χ4v) is 12.3. The van der Waals surface area contributed by atoms with E-state index in [1.54, 1.807) is 30.3 Å². The van der Waals surface area contributed by atoms with Gasteiger partial charge in [0.25, 0.3) is 5.91 Å². The summed E-state index contributed by atoms with van der Waals surface area (Å²) in [5.74, 6) is -0.731. The van der Waals surface area contributed by atoms with Crippen molar-refractivity contribution in [2.24, 2.45) is 11.8 Å². The predicted molar refractivity (Wildman–Crippen MR) is 278 cm³/mol. The Hall–Kier alpha value is -6.63. The molecule has 0 aliphatic carbocycles. The Kier molecular flexibility index (Phi) is 14.9. The van der Waals surface area contributed by atoms with E-state index in [1.165, 1.54) is 11.3 Å². The van der Waals surface area contributed by atoms with Crippen LogP contribution >= 0.6 is 22.9 Å². The molecule has 4 saturated heterocycles. The molecular weight excluding hydrogens is 970 g/mol. The number of piperidine rings is 4. The maximum atomic E-state index is 14.2. The first-order chi connectivity index (χ1) is 35.4. The summed E-state index contributed by atoms with van der Waals surface area (Å²) in [6.07, 6.45) is 8.60.